The largest absolute Gasteiger partial charge is 0.453 e. The van der Waals surface area contributed by atoms with Crippen LogP contribution in [0.3, 0.4) is 0 Å². The Balaban J connectivity index is 1.93. The van der Waals surface area contributed by atoms with Gasteiger partial charge in [-0.3, -0.25) is 0 Å². The van der Waals surface area contributed by atoms with Gasteiger partial charge in [0.25, 0.3) is 0 Å². The third-order valence-electron chi connectivity index (χ3n) is 2.58. The van der Waals surface area contributed by atoms with Gasteiger partial charge in [-0.15, -0.1) is 0 Å². The summed E-state index contributed by atoms with van der Waals surface area (Å²) in [4.78, 5) is 0. The van der Waals surface area contributed by atoms with Crippen molar-refractivity contribution in [2.75, 3.05) is 0 Å². The lowest BCUT2D eigenvalue weighted by Gasteiger charge is -2.13. The van der Waals surface area contributed by atoms with E-state index in [4.69, 9.17) is 16.0 Å². The highest BCUT2D eigenvalue weighted by molar-refractivity contribution is 9.10. The molecule has 1 atom stereocenters. The molecule has 1 heterocycles. The van der Waals surface area contributed by atoms with E-state index in [2.05, 4.69) is 28.2 Å². The maximum absolute atomic E-state index is 5.85. The summed E-state index contributed by atoms with van der Waals surface area (Å²) in [5, 5.41) is 4.15. The van der Waals surface area contributed by atoms with Gasteiger partial charge in [-0.25, -0.2) is 0 Å². The van der Waals surface area contributed by atoms with Crippen LogP contribution in [0.4, 0.5) is 0 Å². The fourth-order valence-corrected chi connectivity index (χ4v) is 2.04. The summed E-state index contributed by atoms with van der Waals surface area (Å²) < 4.78 is 6.18. The van der Waals surface area contributed by atoms with Gasteiger partial charge in [-0.2, -0.15) is 0 Å². The second-order valence-electron chi connectivity index (χ2n) is 3.86. The highest BCUT2D eigenvalue weighted by atomic mass is 79.9. The van der Waals surface area contributed by atoms with Crippen LogP contribution in [0.15, 0.2) is 45.5 Å². The minimum Gasteiger partial charge on any atom is -0.453 e. The van der Waals surface area contributed by atoms with E-state index in [9.17, 15) is 0 Å². The van der Waals surface area contributed by atoms with Crippen LogP contribution in [0.1, 0.15) is 24.3 Å². The Hall–Kier alpha value is -0.770. The Labute approximate surface area is 114 Å². The van der Waals surface area contributed by atoms with Crippen LogP contribution in [0.5, 0.6) is 0 Å². The molecule has 1 N–H and O–H groups in total. The standard InChI is InChI=1S/C13H13BrClNO/c1-9(10-2-4-11(15)5-3-10)16-8-12-6-7-13(14)17-12/h2-7,9,16H,8H2,1H3/t9-/m0/s1. The Kier molecular flexibility index (Phi) is 4.26. The van der Waals surface area contributed by atoms with Crippen molar-refractivity contribution in [3.63, 3.8) is 0 Å². The van der Waals surface area contributed by atoms with Crippen LogP contribution in [-0.2, 0) is 6.54 Å². The van der Waals surface area contributed by atoms with Crippen molar-refractivity contribution in [1.82, 2.24) is 5.32 Å². The van der Waals surface area contributed by atoms with Crippen molar-refractivity contribution in [2.24, 2.45) is 0 Å². The molecule has 0 unspecified atom stereocenters. The first kappa shape index (κ1) is 12.7. The molecule has 17 heavy (non-hydrogen) atoms. The van der Waals surface area contributed by atoms with Gasteiger partial charge in [-0.1, -0.05) is 23.7 Å². The summed E-state index contributed by atoms with van der Waals surface area (Å²) in [7, 11) is 0. The first-order valence-electron chi connectivity index (χ1n) is 5.38. The Bertz CT molecular complexity index is 480. The first-order chi connectivity index (χ1) is 8.15. The molecular formula is C13H13BrClNO. The summed E-state index contributed by atoms with van der Waals surface area (Å²) >= 11 is 9.13. The first-order valence-corrected chi connectivity index (χ1v) is 6.55. The minimum atomic E-state index is 0.260. The van der Waals surface area contributed by atoms with Crippen molar-refractivity contribution in [2.45, 2.75) is 19.5 Å². The lowest BCUT2D eigenvalue weighted by Crippen LogP contribution is -2.17. The van der Waals surface area contributed by atoms with Gasteiger partial charge < -0.3 is 9.73 Å². The zero-order valence-electron chi connectivity index (χ0n) is 9.41. The zero-order chi connectivity index (χ0) is 12.3. The molecule has 1 aromatic carbocycles. The number of rotatable bonds is 4. The van der Waals surface area contributed by atoms with Crippen LogP contribution in [0, 0.1) is 0 Å². The minimum absolute atomic E-state index is 0.260. The van der Waals surface area contributed by atoms with E-state index < -0.39 is 0 Å². The lowest BCUT2D eigenvalue weighted by molar-refractivity contribution is 0.447. The number of benzene rings is 1. The second-order valence-corrected chi connectivity index (χ2v) is 5.08. The fourth-order valence-electron chi connectivity index (χ4n) is 1.57. The highest BCUT2D eigenvalue weighted by Gasteiger charge is 2.06. The molecule has 0 amide bonds. The van der Waals surface area contributed by atoms with E-state index in [0.717, 1.165) is 15.5 Å². The number of furan rings is 1. The quantitative estimate of drug-likeness (QED) is 0.896. The average molecular weight is 315 g/mol. The predicted molar refractivity (Wildman–Crippen MR) is 73.1 cm³/mol. The summed E-state index contributed by atoms with van der Waals surface area (Å²) in [5.74, 6) is 0.915. The predicted octanol–water partition coefficient (Wildman–Crippen LogP) is 4.55. The van der Waals surface area contributed by atoms with E-state index >= 15 is 0 Å². The Morgan fingerprint density at radius 1 is 1.24 bits per heavy atom. The maximum Gasteiger partial charge on any atom is 0.169 e. The van der Waals surface area contributed by atoms with Gasteiger partial charge >= 0.3 is 0 Å². The van der Waals surface area contributed by atoms with Crippen LogP contribution in [0.25, 0.3) is 0 Å². The van der Waals surface area contributed by atoms with Crippen molar-refractivity contribution in [3.05, 3.63) is 57.4 Å². The van der Waals surface area contributed by atoms with Gasteiger partial charge in [0.1, 0.15) is 5.76 Å². The van der Waals surface area contributed by atoms with Gasteiger partial charge in [0, 0.05) is 11.1 Å². The van der Waals surface area contributed by atoms with E-state index in [0.29, 0.717) is 6.54 Å². The van der Waals surface area contributed by atoms with Crippen LogP contribution in [-0.4, -0.2) is 0 Å². The third-order valence-corrected chi connectivity index (χ3v) is 3.26. The molecule has 2 aromatic rings. The molecule has 0 aliphatic carbocycles. The fraction of sp³-hybridized carbons (Fsp3) is 0.231. The van der Waals surface area contributed by atoms with E-state index in [1.54, 1.807) is 0 Å². The molecular weight excluding hydrogens is 302 g/mol. The summed E-state index contributed by atoms with van der Waals surface area (Å²) in [6.07, 6.45) is 0. The van der Waals surface area contributed by atoms with Crippen molar-refractivity contribution < 1.29 is 4.42 Å². The number of halogens is 2. The SMILES string of the molecule is C[C@H](NCc1ccc(Br)o1)c1ccc(Cl)cc1. The summed E-state index contributed by atoms with van der Waals surface area (Å²) in [5.41, 5.74) is 1.21. The molecule has 2 rings (SSSR count). The summed E-state index contributed by atoms with van der Waals surface area (Å²) in [6.45, 7) is 2.82. The van der Waals surface area contributed by atoms with Crippen molar-refractivity contribution >= 4 is 27.5 Å². The van der Waals surface area contributed by atoms with Crippen molar-refractivity contribution in [3.8, 4) is 0 Å². The molecule has 4 heteroatoms. The molecule has 0 saturated carbocycles. The topological polar surface area (TPSA) is 25.2 Å². The van der Waals surface area contributed by atoms with E-state index in [1.165, 1.54) is 5.56 Å². The molecule has 0 radical (unpaired) electrons. The molecule has 90 valence electrons. The smallest absolute Gasteiger partial charge is 0.169 e. The molecule has 2 nitrogen and oxygen atoms in total. The van der Waals surface area contributed by atoms with Gasteiger partial charge in [0.15, 0.2) is 4.67 Å². The molecule has 0 bridgehead atoms. The maximum atomic E-state index is 5.85. The Morgan fingerprint density at radius 2 is 1.94 bits per heavy atom. The zero-order valence-corrected chi connectivity index (χ0v) is 11.8. The molecule has 0 fully saturated rings. The van der Waals surface area contributed by atoms with Crippen molar-refractivity contribution in [1.29, 1.82) is 0 Å². The van der Waals surface area contributed by atoms with Crippen LogP contribution < -0.4 is 5.32 Å². The molecule has 0 saturated heterocycles. The normalized spacial score (nSPS) is 12.6. The highest BCUT2D eigenvalue weighted by Crippen LogP contribution is 2.18. The second kappa shape index (κ2) is 5.71. The average Bonchev–Trinajstić information content (AvgIpc) is 2.73. The van der Waals surface area contributed by atoms with E-state index in [-0.39, 0.29) is 6.04 Å². The van der Waals surface area contributed by atoms with Gasteiger partial charge in [0.2, 0.25) is 0 Å². The molecule has 0 spiro atoms. The number of nitrogens with one attached hydrogen (secondary N) is 1. The van der Waals surface area contributed by atoms with Gasteiger partial charge in [0.05, 0.1) is 6.54 Å². The lowest BCUT2D eigenvalue weighted by atomic mass is 10.1. The van der Waals surface area contributed by atoms with Crippen LogP contribution >= 0.6 is 27.5 Å². The number of hydrogen-bond acceptors (Lipinski definition) is 2. The Morgan fingerprint density at radius 3 is 2.53 bits per heavy atom. The van der Waals surface area contributed by atoms with Gasteiger partial charge in [-0.05, 0) is 52.7 Å². The molecule has 0 aliphatic heterocycles. The molecule has 1 aromatic heterocycles. The molecule has 0 aliphatic rings. The van der Waals surface area contributed by atoms with E-state index in [1.807, 2.05) is 36.4 Å². The van der Waals surface area contributed by atoms with Crippen LogP contribution in [0.2, 0.25) is 5.02 Å². The summed E-state index contributed by atoms with van der Waals surface area (Å²) in [6, 6.07) is 12.0. The third kappa shape index (κ3) is 3.60. The number of hydrogen-bond donors (Lipinski definition) is 1. The monoisotopic (exact) mass is 313 g/mol.